The molecule has 1 N–H and O–H groups in total. The lowest BCUT2D eigenvalue weighted by atomic mass is 9.81. The fraction of sp³-hybridized carbons (Fsp3) is 0.875. The van der Waals surface area contributed by atoms with Crippen LogP contribution >= 0.6 is 0 Å². The maximum absolute atomic E-state index is 7.41. The van der Waals surface area contributed by atoms with E-state index in [2.05, 4.69) is 13.8 Å². The zero-order valence-corrected chi connectivity index (χ0v) is 6.28. The van der Waals surface area contributed by atoms with Crippen LogP contribution in [0.2, 0.25) is 0 Å². The van der Waals surface area contributed by atoms with E-state index < -0.39 is 0 Å². The van der Waals surface area contributed by atoms with Crippen molar-refractivity contribution in [1.29, 1.82) is 5.41 Å². The highest BCUT2D eigenvalue weighted by atomic mass is 14.4. The molecule has 2 atom stereocenters. The number of rotatable bonds is 0. The van der Waals surface area contributed by atoms with Gasteiger partial charge in [0.05, 0.1) is 0 Å². The van der Waals surface area contributed by atoms with Crippen LogP contribution in [0.3, 0.4) is 0 Å². The standard InChI is InChI=1S/C8H15N/c1-6-3-4-8(9)5-7(6)2/h6-7,9H,3-5H2,1-2H3/t6-,7?/m1/s1. The summed E-state index contributed by atoms with van der Waals surface area (Å²) in [5, 5.41) is 7.41. The molecular weight excluding hydrogens is 110 g/mol. The summed E-state index contributed by atoms with van der Waals surface area (Å²) in [6.07, 6.45) is 3.33. The molecule has 0 heterocycles. The lowest BCUT2D eigenvalue weighted by Crippen LogP contribution is -2.19. The highest BCUT2D eigenvalue weighted by Gasteiger charge is 2.19. The van der Waals surface area contributed by atoms with Gasteiger partial charge in [-0.3, -0.25) is 0 Å². The Morgan fingerprint density at radius 1 is 1.33 bits per heavy atom. The van der Waals surface area contributed by atoms with Crippen LogP contribution in [-0.4, -0.2) is 5.71 Å². The molecule has 1 aliphatic rings. The van der Waals surface area contributed by atoms with E-state index in [0.29, 0.717) is 0 Å². The Kier molecular flexibility index (Phi) is 1.89. The Balaban J connectivity index is 2.44. The van der Waals surface area contributed by atoms with E-state index in [1.807, 2.05) is 0 Å². The maximum Gasteiger partial charge on any atom is 0.00920 e. The van der Waals surface area contributed by atoms with Gasteiger partial charge >= 0.3 is 0 Å². The van der Waals surface area contributed by atoms with Gasteiger partial charge in [0.2, 0.25) is 0 Å². The fourth-order valence-corrected chi connectivity index (χ4v) is 1.38. The monoisotopic (exact) mass is 125 g/mol. The number of hydrogen-bond acceptors (Lipinski definition) is 1. The minimum absolute atomic E-state index is 0.756. The van der Waals surface area contributed by atoms with Gasteiger partial charge in [0.15, 0.2) is 0 Å². The molecule has 1 fully saturated rings. The van der Waals surface area contributed by atoms with Crippen molar-refractivity contribution in [1.82, 2.24) is 0 Å². The van der Waals surface area contributed by atoms with Gasteiger partial charge < -0.3 is 5.41 Å². The molecule has 0 aromatic rings. The minimum Gasteiger partial charge on any atom is -0.310 e. The largest absolute Gasteiger partial charge is 0.310 e. The van der Waals surface area contributed by atoms with Crippen molar-refractivity contribution in [2.24, 2.45) is 11.8 Å². The second-order valence-corrected chi connectivity index (χ2v) is 3.30. The van der Waals surface area contributed by atoms with Gasteiger partial charge in [-0.05, 0) is 31.1 Å². The highest BCUT2D eigenvalue weighted by Crippen LogP contribution is 2.26. The van der Waals surface area contributed by atoms with Crippen LogP contribution in [0, 0.1) is 17.2 Å². The molecule has 0 aromatic heterocycles. The quantitative estimate of drug-likeness (QED) is 0.514. The molecule has 1 unspecified atom stereocenters. The van der Waals surface area contributed by atoms with Gasteiger partial charge in [-0.1, -0.05) is 13.8 Å². The van der Waals surface area contributed by atoms with E-state index in [0.717, 1.165) is 30.4 Å². The van der Waals surface area contributed by atoms with Crippen LogP contribution in [0.5, 0.6) is 0 Å². The summed E-state index contributed by atoms with van der Waals surface area (Å²) < 4.78 is 0. The molecule has 1 aliphatic carbocycles. The smallest absolute Gasteiger partial charge is 0.00920 e. The summed E-state index contributed by atoms with van der Waals surface area (Å²) in [5.41, 5.74) is 0.959. The molecule has 1 saturated carbocycles. The summed E-state index contributed by atoms with van der Waals surface area (Å²) >= 11 is 0. The molecule has 0 amide bonds. The van der Waals surface area contributed by atoms with Gasteiger partial charge in [0, 0.05) is 5.71 Å². The van der Waals surface area contributed by atoms with Crippen LogP contribution < -0.4 is 0 Å². The first-order chi connectivity index (χ1) is 4.20. The molecule has 0 aliphatic heterocycles. The van der Waals surface area contributed by atoms with Crippen LogP contribution in [-0.2, 0) is 0 Å². The van der Waals surface area contributed by atoms with Crippen molar-refractivity contribution in [2.45, 2.75) is 33.1 Å². The first-order valence-electron chi connectivity index (χ1n) is 3.76. The van der Waals surface area contributed by atoms with Crippen LogP contribution in [0.15, 0.2) is 0 Å². The SMILES string of the molecule is CC1CC(=N)CC[C@H]1C. The number of nitrogens with one attached hydrogen (secondary N) is 1. The molecule has 1 nitrogen and oxygen atoms in total. The third-order valence-electron chi connectivity index (χ3n) is 2.44. The molecule has 0 radical (unpaired) electrons. The Morgan fingerprint density at radius 2 is 2.00 bits per heavy atom. The lowest BCUT2D eigenvalue weighted by Gasteiger charge is -2.25. The van der Waals surface area contributed by atoms with E-state index in [-0.39, 0.29) is 0 Å². The van der Waals surface area contributed by atoms with Gasteiger partial charge in [-0.15, -0.1) is 0 Å². The number of hydrogen-bond donors (Lipinski definition) is 1. The van der Waals surface area contributed by atoms with Gasteiger partial charge in [0.25, 0.3) is 0 Å². The Labute approximate surface area is 57.0 Å². The van der Waals surface area contributed by atoms with Crippen LogP contribution in [0.25, 0.3) is 0 Å². The van der Waals surface area contributed by atoms with E-state index in [1.54, 1.807) is 0 Å². The first kappa shape index (κ1) is 6.79. The molecule has 0 aromatic carbocycles. The molecule has 1 heteroatoms. The first-order valence-corrected chi connectivity index (χ1v) is 3.76. The summed E-state index contributed by atoms with van der Waals surface area (Å²) in [6, 6.07) is 0. The Bertz CT molecular complexity index is 118. The molecule has 9 heavy (non-hydrogen) atoms. The van der Waals surface area contributed by atoms with E-state index in [1.165, 1.54) is 6.42 Å². The molecule has 1 rings (SSSR count). The molecule has 0 bridgehead atoms. The second-order valence-electron chi connectivity index (χ2n) is 3.30. The van der Waals surface area contributed by atoms with Crippen molar-refractivity contribution in [3.8, 4) is 0 Å². The van der Waals surface area contributed by atoms with Crippen LogP contribution in [0.1, 0.15) is 33.1 Å². The van der Waals surface area contributed by atoms with Crippen molar-refractivity contribution in [3.05, 3.63) is 0 Å². The summed E-state index contributed by atoms with van der Waals surface area (Å²) in [7, 11) is 0. The maximum atomic E-state index is 7.41. The lowest BCUT2D eigenvalue weighted by molar-refractivity contribution is 0.354. The molecular formula is C8H15N. The van der Waals surface area contributed by atoms with Crippen LogP contribution in [0.4, 0.5) is 0 Å². The molecule has 52 valence electrons. The van der Waals surface area contributed by atoms with E-state index >= 15 is 0 Å². The Hall–Kier alpha value is -0.330. The normalized spacial score (nSPS) is 36.9. The second kappa shape index (κ2) is 2.51. The average molecular weight is 125 g/mol. The predicted octanol–water partition coefficient (Wildman–Crippen LogP) is 2.46. The molecule has 0 saturated heterocycles. The summed E-state index contributed by atoms with van der Waals surface area (Å²) in [5.74, 6) is 1.60. The van der Waals surface area contributed by atoms with Crippen molar-refractivity contribution >= 4 is 5.71 Å². The zero-order valence-electron chi connectivity index (χ0n) is 6.28. The topological polar surface area (TPSA) is 23.9 Å². The highest BCUT2D eigenvalue weighted by molar-refractivity contribution is 5.82. The van der Waals surface area contributed by atoms with Crippen molar-refractivity contribution in [2.75, 3.05) is 0 Å². The van der Waals surface area contributed by atoms with Gasteiger partial charge in [-0.2, -0.15) is 0 Å². The Morgan fingerprint density at radius 3 is 2.44 bits per heavy atom. The third-order valence-corrected chi connectivity index (χ3v) is 2.44. The van der Waals surface area contributed by atoms with E-state index in [4.69, 9.17) is 5.41 Å². The minimum atomic E-state index is 0.756. The fourth-order valence-electron chi connectivity index (χ4n) is 1.38. The summed E-state index contributed by atoms with van der Waals surface area (Å²) in [6.45, 7) is 4.54. The third kappa shape index (κ3) is 1.54. The predicted molar refractivity (Wildman–Crippen MR) is 39.9 cm³/mol. The van der Waals surface area contributed by atoms with E-state index in [9.17, 15) is 0 Å². The summed E-state index contributed by atoms with van der Waals surface area (Å²) in [4.78, 5) is 0. The van der Waals surface area contributed by atoms with Crippen molar-refractivity contribution < 1.29 is 0 Å². The van der Waals surface area contributed by atoms with Gasteiger partial charge in [-0.25, -0.2) is 0 Å². The molecule has 0 spiro atoms. The average Bonchev–Trinajstić information content (AvgIpc) is 1.80. The van der Waals surface area contributed by atoms with Crippen molar-refractivity contribution in [3.63, 3.8) is 0 Å². The van der Waals surface area contributed by atoms with Gasteiger partial charge in [0.1, 0.15) is 0 Å². The zero-order chi connectivity index (χ0) is 6.85.